The number of aromatic nitrogens is 3. The highest BCUT2D eigenvalue weighted by atomic mass is 16.5. The molecule has 4 heterocycles. The number of fused-ring (bicyclic) bond motifs is 1. The molecule has 8 heteroatoms. The minimum Gasteiger partial charge on any atom is -0.378 e. The molecule has 2 saturated heterocycles. The lowest BCUT2D eigenvalue weighted by Gasteiger charge is -2.38. The van der Waals surface area contributed by atoms with Crippen LogP contribution in [0.2, 0.25) is 0 Å². The average Bonchev–Trinajstić information content (AvgIpc) is 3.45. The molecular weight excluding hydrogens is 404 g/mol. The summed E-state index contributed by atoms with van der Waals surface area (Å²) in [5.41, 5.74) is 3.36. The molecule has 0 unspecified atom stereocenters. The second-order valence-electron chi connectivity index (χ2n) is 8.76. The van der Waals surface area contributed by atoms with Gasteiger partial charge in [-0.05, 0) is 25.1 Å². The summed E-state index contributed by atoms with van der Waals surface area (Å²) in [6.45, 7) is 6.11. The van der Waals surface area contributed by atoms with Gasteiger partial charge in [-0.25, -0.2) is 9.97 Å². The summed E-state index contributed by atoms with van der Waals surface area (Å²) in [6.07, 6.45) is 4.36. The zero-order chi connectivity index (χ0) is 21.9. The number of benzene rings is 1. The van der Waals surface area contributed by atoms with Gasteiger partial charge in [0, 0.05) is 38.9 Å². The fraction of sp³-hybridized carbons (Fsp3) is 0.458. The molecular formula is C24H30N6O2. The molecule has 0 spiro atoms. The van der Waals surface area contributed by atoms with Crippen LogP contribution in [-0.4, -0.2) is 88.8 Å². The molecule has 0 aliphatic carbocycles. The van der Waals surface area contributed by atoms with Crippen molar-refractivity contribution in [3.8, 4) is 0 Å². The highest BCUT2D eigenvalue weighted by Gasteiger charge is 2.35. The van der Waals surface area contributed by atoms with E-state index < -0.39 is 0 Å². The van der Waals surface area contributed by atoms with Crippen molar-refractivity contribution in [2.24, 2.45) is 0 Å². The summed E-state index contributed by atoms with van der Waals surface area (Å²) in [5, 5.41) is 3.18. The number of ether oxygens (including phenoxy) is 1. The topological polar surface area (TPSA) is 75.5 Å². The van der Waals surface area contributed by atoms with Gasteiger partial charge in [0.15, 0.2) is 5.65 Å². The Morgan fingerprint density at radius 1 is 1.12 bits per heavy atom. The molecule has 2 aliphatic rings. The summed E-state index contributed by atoms with van der Waals surface area (Å²) in [7, 11) is 2.15. The number of pyridine rings is 1. The number of hydrogen-bond donors (Lipinski definition) is 1. The molecule has 1 amide bonds. The SMILES string of the molecule is CN1CCN([C@H]2COC[C@@H]2NC(=O)c2cnc3c(c2)ncn3CCc2ccccc2)CC1. The third-order valence-corrected chi connectivity index (χ3v) is 6.58. The van der Waals surface area contributed by atoms with Crippen LogP contribution in [0.15, 0.2) is 48.9 Å². The minimum atomic E-state index is -0.118. The number of carbonyl (C=O) groups is 1. The van der Waals surface area contributed by atoms with Gasteiger partial charge in [0.05, 0.1) is 37.2 Å². The van der Waals surface area contributed by atoms with Crippen LogP contribution in [0.5, 0.6) is 0 Å². The first kappa shape index (κ1) is 21.1. The Balaban J connectivity index is 1.24. The highest BCUT2D eigenvalue weighted by Crippen LogP contribution is 2.17. The van der Waals surface area contributed by atoms with Crippen molar-refractivity contribution < 1.29 is 9.53 Å². The Kier molecular flexibility index (Phi) is 6.16. The molecule has 2 fully saturated rings. The summed E-state index contributed by atoms with van der Waals surface area (Å²) in [6, 6.07) is 12.4. The van der Waals surface area contributed by atoms with Crippen molar-refractivity contribution in [3.63, 3.8) is 0 Å². The fourth-order valence-corrected chi connectivity index (χ4v) is 4.58. The van der Waals surface area contributed by atoms with Crippen LogP contribution in [0.25, 0.3) is 11.2 Å². The Morgan fingerprint density at radius 3 is 2.75 bits per heavy atom. The van der Waals surface area contributed by atoms with Crippen LogP contribution in [-0.2, 0) is 17.7 Å². The van der Waals surface area contributed by atoms with E-state index in [9.17, 15) is 4.79 Å². The highest BCUT2D eigenvalue weighted by molar-refractivity contribution is 5.96. The number of amides is 1. The van der Waals surface area contributed by atoms with Gasteiger partial charge < -0.3 is 19.5 Å². The maximum Gasteiger partial charge on any atom is 0.253 e. The second-order valence-corrected chi connectivity index (χ2v) is 8.76. The molecule has 2 aliphatic heterocycles. The van der Waals surface area contributed by atoms with Crippen molar-refractivity contribution in [1.29, 1.82) is 0 Å². The lowest BCUT2D eigenvalue weighted by molar-refractivity contribution is 0.0829. The van der Waals surface area contributed by atoms with Crippen molar-refractivity contribution in [2.45, 2.75) is 25.0 Å². The third kappa shape index (κ3) is 4.53. The molecule has 0 bridgehead atoms. The smallest absolute Gasteiger partial charge is 0.253 e. The Labute approximate surface area is 188 Å². The summed E-state index contributed by atoms with van der Waals surface area (Å²) in [4.78, 5) is 26.8. The lowest BCUT2D eigenvalue weighted by Crippen LogP contribution is -2.56. The molecule has 2 aromatic heterocycles. The van der Waals surface area contributed by atoms with Crippen molar-refractivity contribution in [2.75, 3.05) is 46.4 Å². The molecule has 168 valence electrons. The van der Waals surface area contributed by atoms with Gasteiger partial charge in [-0.15, -0.1) is 0 Å². The van der Waals surface area contributed by atoms with Gasteiger partial charge in [0.25, 0.3) is 5.91 Å². The van der Waals surface area contributed by atoms with E-state index in [1.165, 1.54) is 5.56 Å². The summed E-state index contributed by atoms with van der Waals surface area (Å²) in [5.74, 6) is -0.118. The molecule has 32 heavy (non-hydrogen) atoms. The number of aryl methyl sites for hydroxylation is 2. The van der Waals surface area contributed by atoms with Crippen molar-refractivity contribution >= 4 is 17.1 Å². The third-order valence-electron chi connectivity index (χ3n) is 6.58. The van der Waals surface area contributed by atoms with Gasteiger partial charge in [-0.1, -0.05) is 30.3 Å². The first-order chi connectivity index (χ1) is 15.7. The molecule has 1 N–H and O–H groups in total. The zero-order valence-electron chi connectivity index (χ0n) is 18.5. The minimum absolute atomic E-state index is 0.00923. The van der Waals surface area contributed by atoms with Gasteiger partial charge in [0.2, 0.25) is 0 Å². The maximum atomic E-state index is 13.0. The normalized spacial score (nSPS) is 22.4. The monoisotopic (exact) mass is 434 g/mol. The predicted molar refractivity (Wildman–Crippen MR) is 123 cm³/mol. The lowest BCUT2D eigenvalue weighted by atomic mass is 10.1. The Bertz CT molecular complexity index is 1060. The number of nitrogens with zero attached hydrogens (tertiary/aromatic N) is 5. The van der Waals surface area contributed by atoms with E-state index in [0.717, 1.165) is 50.3 Å². The van der Waals surface area contributed by atoms with Crippen molar-refractivity contribution in [1.82, 2.24) is 29.7 Å². The van der Waals surface area contributed by atoms with E-state index in [0.29, 0.717) is 18.8 Å². The van der Waals surface area contributed by atoms with Gasteiger partial charge >= 0.3 is 0 Å². The zero-order valence-corrected chi connectivity index (χ0v) is 18.5. The van der Waals surface area contributed by atoms with Gasteiger partial charge in [0.1, 0.15) is 5.52 Å². The maximum absolute atomic E-state index is 13.0. The first-order valence-corrected chi connectivity index (χ1v) is 11.3. The van der Waals surface area contributed by atoms with E-state index in [2.05, 4.69) is 44.3 Å². The number of imidazole rings is 1. The summed E-state index contributed by atoms with van der Waals surface area (Å²) < 4.78 is 7.76. The van der Waals surface area contributed by atoms with Gasteiger partial charge in [-0.2, -0.15) is 0 Å². The first-order valence-electron chi connectivity index (χ1n) is 11.3. The van der Waals surface area contributed by atoms with E-state index in [4.69, 9.17) is 4.74 Å². The molecule has 2 atom stereocenters. The standard InChI is InChI=1S/C24H30N6O2/c1-28-9-11-29(12-10-28)22-16-32-15-21(22)27-24(31)19-13-20-23(25-14-19)30(17-26-20)8-7-18-5-3-2-4-6-18/h2-6,13-14,17,21-22H,7-12,15-16H2,1H3,(H,27,31)/t21-,22-/m0/s1. The Hall–Kier alpha value is -2.81. The molecule has 1 aromatic carbocycles. The van der Waals surface area contributed by atoms with Crippen LogP contribution >= 0.6 is 0 Å². The number of piperazine rings is 1. The molecule has 0 radical (unpaired) electrons. The average molecular weight is 435 g/mol. The van der Waals surface area contributed by atoms with Crippen LogP contribution in [0.1, 0.15) is 15.9 Å². The fourth-order valence-electron chi connectivity index (χ4n) is 4.58. The van der Waals surface area contributed by atoms with Gasteiger partial charge in [-0.3, -0.25) is 9.69 Å². The van der Waals surface area contributed by atoms with Crippen molar-refractivity contribution in [3.05, 3.63) is 60.0 Å². The van der Waals surface area contributed by atoms with E-state index in [-0.39, 0.29) is 18.0 Å². The molecule has 3 aromatic rings. The molecule has 5 rings (SSSR count). The van der Waals surface area contributed by atoms with E-state index in [1.807, 2.05) is 28.8 Å². The van der Waals surface area contributed by atoms with Crippen LogP contribution in [0, 0.1) is 0 Å². The Morgan fingerprint density at radius 2 is 1.94 bits per heavy atom. The summed E-state index contributed by atoms with van der Waals surface area (Å²) >= 11 is 0. The number of rotatable bonds is 6. The van der Waals surface area contributed by atoms with Crippen LogP contribution in [0.4, 0.5) is 0 Å². The quantitative estimate of drug-likeness (QED) is 0.633. The van der Waals surface area contributed by atoms with Crippen LogP contribution in [0.3, 0.4) is 0 Å². The number of carbonyl (C=O) groups excluding carboxylic acids is 1. The van der Waals surface area contributed by atoms with E-state index in [1.54, 1.807) is 12.5 Å². The molecule has 0 saturated carbocycles. The van der Waals surface area contributed by atoms with E-state index >= 15 is 0 Å². The van der Waals surface area contributed by atoms with Crippen LogP contribution < -0.4 is 5.32 Å². The number of nitrogens with one attached hydrogen (secondary N) is 1. The molecule has 8 nitrogen and oxygen atoms in total. The second kappa shape index (κ2) is 9.36. The predicted octanol–water partition coefficient (Wildman–Crippen LogP) is 1.42. The largest absolute Gasteiger partial charge is 0.378 e. The number of hydrogen-bond acceptors (Lipinski definition) is 6. The number of likely N-dealkylation sites (N-methyl/N-ethyl adjacent to an activating group) is 1.